The minimum atomic E-state index is 0.326. The highest BCUT2D eigenvalue weighted by Gasteiger charge is 2.06. The lowest BCUT2D eigenvalue weighted by Crippen LogP contribution is -2.14. The molecule has 1 aromatic heterocycles. The molecule has 1 heterocycles. The lowest BCUT2D eigenvalue weighted by molar-refractivity contribution is 0.475. The summed E-state index contributed by atoms with van der Waals surface area (Å²) in [4.78, 5) is 0. The topological polar surface area (TPSA) is 45.4 Å². The van der Waals surface area contributed by atoms with Gasteiger partial charge in [-0.05, 0) is 67.3 Å². The summed E-state index contributed by atoms with van der Waals surface area (Å²) in [7, 11) is 0. The van der Waals surface area contributed by atoms with Crippen LogP contribution in [0, 0.1) is 6.92 Å². The second-order valence-corrected chi connectivity index (χ2v) is 5.52. The number of rotatable bonds is 8. The van der Waals surface area contributed by atoms with Crippen LogP contribution in [0.4, 0.5) is 0 Å². The van der Waals surface area contributed by atoms with E-state index in [0.29, 0.717) is 5.75 Å². The maximum absolute atomic E-state index is 9.75. The summed E-state index contributed by atoms with van der Waals surface area (Å²) in [6.45, 7) is 5.89. The Morgan fingerprint density at radius 2 is 2.18 bits per heavy atom. The van der Waals surface area contributed by atoms with Crippen molar-refractivity contribution in [3.63, 3.8) is 0 Å². The molecule has 0 aliphatic rings. The molecule has 0 saturated carbocycles. The zero-order chi connectivity index (χ0) is 15.8. The molecule has 3 heteroatoms. The molecule has 0 amide bonds. The van der Waals surface area contributed by atoms with Gasteiger partial charge in [-0.15, -0.1) is 0 Å². The predicted octanol–water partition coefficient (Wildman–Crippen LogP) is 4.66. The van der Waals surface area contributed by atoms with E-state index < -0.39 is 0 Å². The fourth-order valence-corrected chi connectivity index (χ4v) is 2.47. The predicted molar refractivity (Wildman–Crippen MR) is 90.8 cm³/mol. The first kappa shape index (κ1) is 16.4. The van der Waals surface area contributed by atoms with Crippen LogP contribution in [-0.4, -0.2) is 11.7 Å². The molecule has 3 nitrogen and oxygen atoms in total. The Balaban J connectivity index is 1.98. The minimum absolute atomic E-state index is 0.326. The third-order valence-electron chi connectivity index (χ3n) is 3.70. The molecule has 0 aliphatic heterocycles. The number of benzene rings is 1. The van der Waals surface area contributed by atoms with E-state index in [9.17, 15) is 5.11 Å². The number of nitrogens with one attached hydrogen (secondary N) is 1. The third kappa shape index (κ3) is 4.78. The smallest absolute Gasteiger partial charge is 0.117 e. The largest absolute Gasteiger partial charge is 0.508 e. The van der Waals surface area contributed by atoms with Crippen molar-refractivity contribution in [2.75, 3.05) is 6.54 Å². The van der Waals surface area contributed by atoms with Gasteiger partial charge in [0, 0.05) is 0 Å². The summed E-state index contributed by atoms with van der Waals surface area (Å²) in [5.41, 5.74) is 3.64. The van der Waals surface area contributed by atoms with E-state index in [1.165, 1.54) is 11.1 Å². The lowest BCUT2D eigenvalue weighted by atomic mass is 9.96. The summed E-state index contributed by atoms with van der Waals surface area (Å²) >= 11 is 0. The van der Waals surface area contributed by atoms with Crippen LogP contribution >= 0.6 is 0 Å². The third-order valence-corrected chi connectivity index (χ3v) is 3.70. The number of hydrogen-bond donors (Lipinski definition) is 2. The van der Waals surface area contributed by atoms with E-state index in [2.05, 4.69) is 25.2 Å². The Hall–Kier alpha value is -2.00. The van der Waals surface area contributed by atoms with E-state index in [1.807, 2.05) is 24.3 Å². The number of unbranched alkanes of at least 4 members (excludes halogenated alkanes) is 1. The number of aromatic hydroxyl groups is 1. The molecule has 0 unspecified atom stereocenters. The number of aryl methyl sites for hydroxylation is 1. The molecule has 0 bridgehead atoms. The molecule has 22 heavy (non-hydrogen) atoms. The molecule has 0 saturated heterocycles. The van der Waals surface area contributed by atoms with Crippen molar-refractivity contribution in [3.8, 4) is 5.75 Å². The lowest BCUT2D eigenvalue weighted by Gasteiger charge is -2.12. The van der Waals surface area contributed by atoms with Crippen molar-refractivity contribution in [1.82, 2.24) is 5.32 Å². The zero-order valence-corrected chi connectivity index (χ0v) is 13.4. The van der Waals surface area contributed by atoms with Crippen molar-refractivity contribution in [2.45, 2.75) is 39.7 Å². The Morgan fingerprint density at radius 3 is 2.91 bits per heavy atom. The first-order valence-electron chi connectivity index (χ1n) is 7.93. The van der Waals surface area contributed by atoms with Crippen LogP contribution in [0.2, 0.25) is 0 Å². The fraction of sp³-hybridized carbons (Fsp3) is 0.368. The van der Waals surface area contributed by atoms with E-state index in [0.717, 1.165) is 43.7 Å². The van der Waals surface area contributed by atoms with Crippen LogP contribution in [0.15, 0.2) is 47.1 Å². The fourth-order valence-electron chi connectivity index (χ4n) is 2.47. The average molecular weight is 299 g/mol. The number of hydrogen-bond acceptors (Lipinski definition) is 3. The monoisotopic (exact) mass is 299 g/mol. The molecule has 2 N–H and O–H groups in total. The van der Waals surface area contributed by atoms with Gasteiger partial charge in [0.15, 0.2) is 0 Å². The molecular weight excluding hydrogens is 274 g/mol. The standard InChI is InChI=1S/C19H25NO2/c1-3-4-6-16(19-13-17(21)9-8-15(19)2)10-11-20-14-18-7-5-12-22-18/h5-9,12-13,20-21H,3-4,10-11,14H2,1-2H3/b16-6-. The molecule has 118 valence electrons. The van der Waals surface area contributed by atoms with Gasteiger partial charge in [-0.2, -0.15) is 0 Å². The Kier molecular flexibility index (Phi) is 6.28. The van der Waals surface area contributed by atoms with Crippen LogP contribution in [-0.2, 0) is 6.54 Å². The van der Waals surface area contributed by atoms with Gasteiger partial charge in [0.05, 0.1) is 12.8 Å². The van der Waals surface area contributed by atoms with Crippen molar-refractivity contribution in [2.24, 2.45) is 0 Å². The molecular formula is C19H25NO2. The highest BCUT2D eigenvalue weighted by atomic mass is 16.3. The van der Waals surface area contributed by atoms with Gasteiger partial charge in [0.25, 0.3) is 0 Å². The average Bonchev–Trinajstić information content (AvgIpc) is 3.02. The SMILES string of the molecule is CCC/C=C(/CCNCc1ccco1)c1cc(O)ccc1C. The van der Waals surface area contributed by atoms with Crippen molar-refractivity contribution >= 4 is 5.57 Å². The number of allylic oxidation sites excluding steroid dienone is 1. The minimum Gasteiger partial charge on any atom is -0.508 e. The Bertz CT molecular complexity index is 600. The number of phenols is 1. The summed E-state index contributed by atoms with van der Waals surface area (Å²) in [5, 5.41) is 13.2. The van der Waals surface area contributed by atoms with E-state index in [4.69, 9.17) is 4.42 Å². The van der Waals surface area contributed by atoms with Gasteiger partial charge in [-0.3, -0.25) is 0 Å². The number of furan rings is 1. The molecule has 0 atom stereocenters. The first-order chi connectivity index (χ1) is 10.7. The quantitative estimate of drug-likeness (QED) is 0.697. The van der Waals surface area contributed by atoms with E-state index >= 15 is 0 Å². The first-order valence-corrected chi connectivity index (χ1v) is 7.93. The number of phenolic OH excluding ortho intramolecular Hbond substituents is 1. The molecule has 1 aromatic carbocycles. The normalized spacial score (nSPS) is 11.8. The summed E-state index contributed by atoms with van der Waals surface area (Å²) in [5.74, 6) is 1.28. The molecule has 2 rings (SSSR count). The maximum atomic E-state index is 9.75. The van der Waals surface area contributed by atoms with E-state index in [-0.39, 0.29) is 0 Å². The Morgan fingerprint density at radius 1 is 1.32 bits per heavy atom. The van der Waals surface area contributed by atoms with Gasteiger partial charge in [0.2, 0.25) is 0 Å². The summed E-state index contributed by atoms with van der Waals surface area (Å²) < 4.78 is 5.31. The molecule has 2 aromatic rings. The molecule has 0 radical (unpaired) electrons. The van der Waals surface area contributed by atoms with Crippen molar-refractivity contribution in [1.29, 1.82) is 0 Å². The van der Waals surface area contributed by atoms with E-state index in [1.54, 1.807) is 12.3 Å². The van der Waals surface area contributed by atoms with Crippen molar-refractivity contribution in [3.05, 3.63) is 59.6 Å². The van der Waals surface area contributed by atoms with Gasteiger partial charge in [-0.1, -0.05) is 25.5 Å². The highest BCUT2D eigenvalue weighted by molar-refractivity contribution is 5.69. The van der Waals surface area contributed by atoms with Crippen molar-refractivity contribution < 1.29 is 9.52 Å². The van der Waals surface area contributed by atoms with Gasteiger partial charge >= 0.3 is 0 Å². The second-order valence-electron chi connectivity index (χ2n) is 5.52. The summed E-state index contributed by atoms with van der Waals surface area (Å²) in [6, 6.07) is 9.45. The molecule has 0 fully saturated rings. The second kappa shape index (κ2) is 8.44. The van der Waals surface area contributed by atoms with Crippen LogP contribution in [0.5, 0.6) is 5.75 Å². The van der Waals surface area contributed by atoms with Crippen LogP contribution in [0.25, 0.3) is 5.57 Å². The van der Waals surface area contributed by atoms with Gasteiger partial charge < -0.3 is 14.8 Å². The van der Waals surface area contributed by atoms with Gasteiger partial charge in [-0.25, -0.2) is 0 Å². The zero-order valence-electron chi connectivity index (χ0n) is 13.4. The molecule has 0 aliphatic carbocycles. The summed E-state index contributed by atoms with van der Waals surface area (Å²) in [6.07, 6.45) is 7.10. The van der Waals surface area contributed by atoms with Crippen LogP contribution < -0.4 is 5.32 Å². The van der Waals surface area contributed by atoms with Crippen LogP contribution in [0.3, 0.4) is 0 Å². The maximum Gasteiger partial charge on any atom is 0.117 e. The highest BCUT2D eigenvalue weighted by Crippen LogP contribution is 2.26. The van der Waals surface area contributed by atoms with Crippen LogP contribution in [0.1, 0.15) is 43.1 Å². The Labute approximate surface area is 132 Å². The molecule has 0 spiro atoms. The van der Waals surface area contributed by atoms with Gasteiger partial charge in [0.1, 0.15) is 11.5 Å².